The summed E-state index contributed by atoms with van der Waals surface area (Å²) in [5.41, 5.74) is 0.0779. The highest BCUT2D eigenvalue weighted by Crippen LogP contribution is 2.41. The molecule has 1 unspecified atom stereocenters. The molecule has 1 aromatic rings. The van der Waals surface area contributed by atoms with E-state index in [4.69, 9.17) is 0 Å². The second-order valence-electron chi connectivity index (χ2n) is 7.92. The number of piperazine rings is 1. The molecule has 140 valence electrons. The molecule has 0 bridgehead atoms. The fourth-order valence-corrected chi connectivity index (χ4v) is 4.14. The predicted molar refractivity (Wildman–Crippen MR) is 91.1 cm³/mol. The third-order valence-electron chi connectivity index (χ3n) is 5.81. The molecule has 0 radical (unpaired) electrons. The summed E-state index contributed by atoms with van der Waals surface area (Å²) in [5.74, 6) is 0.771. The van der Waals surface area contributed by atoms with Crippen LogP contribution in [0.5, 0.6) is 0 Å². The zero-order valence-corrected chi connectivity index (χ0v) is 15.1. The summed E-state index contributed by atoms with van der Waals surface area (Å²) < 4.78 is 26.7. The van der Waals surface area contributed by atoms with Gasteiger partial charge in [-0.25, -0.2) is 4.98 Å². The van der Waals surface area contributed by atoms with Crippen LogP contribution in [0.1, 0.15) is 51.9 Å². The van der Waals surface area contributed by atoms with Crippen molar-refractivity contribution in [2.45, 2.75) is 52.6 Å². The highest BCUT2D eigenvalue weighted by atomic mass is 19.3. The van der Waals surface area contributed by atoms with E-state index in [1.807, 2.05) is 4.90 Å². The van der Waals surface area contributed by atoms with Crippen LogP contribution in [0.3, 0.4) is 0 Å². The Balaban J connectivity index is 1.55. The molecule has 7 heteroatoms. The van der Waals surface area contributed by atoms with Gasteiger partial charge < -0.3 is 4.90 Å². The van der Waals surface area contributed by atoms with Crippen molar-refractivity contribution in [3.05, 3.63) is 18.2 Å². The molecule has 0 aromatic carbocycles. The number of alkyl halides is 2. The molecule has 1 aliphatic heterocycles. The number of hydrogen-bond acceptors (Lipinski definition) is 3. The summed E-state index contributed by atoms with van der Waals surface area (Å²) in [4.78, 5) is 21.0. The molecule has 25 heavy (non-hydrogen) atoms. The molecule has 5 nitrogen and oxygen atoms in total. The Morgan fingerprint density at radius 2 is 2.00 bits per heavy atom. The van der Waals surface area contributed by atoms with Crippen LogP contribution in [0.25, 0.3) is 0 Å². The van der Waals surface area contributed by atoms with Crippen LogP contribution in [0.4, 0.5) is 8.78 Å². The smallest absolute Gasteiger partial charge is 0.319 e. The maximum atomic E-state index is 12.9. The van der Waals surface area contributed by atoms with E-state index in [0.717, 1.165) is 23.8 Å². The number of hydrogen-bond donors (Lipinski definition) is 0. The first-order valence-corrected chi connectivity index (χ1v) is 9.19. The first-order valence-electron chi connectivity index (χ1n) is 9.19. The summed E-state index contributed by atoms with van der Waals surface area (Å²) in [6.45, 7) is 4.98. The lowest BCUT2D eigenvalue weighted by Crippen LogP contribution is -2.52. The first kappa shape index (κ1) is 18.3. The highest BCUT2D eigenvalue weighted by molar-refractivity contribution is 5.79. The molecule has 1 amide bonds. The molecule has 1 saturated carbocycles. The summed E-state index contributed by atoms with van der Waals surface area (Å²) >= 11 is 0. The number of carbonyl (C=O) groups is 1. The van der Waals surface area contributed by atoms with Gasteiger partial charge in [-0.05, 0) is 18.3 Å². The molecular weight excluding hydrogens is 326 g/mol. The van der Waals surface area contributed by atoms with E-state index in [0.29, 0.717) is 38.5 Å². The van der Waals surface area contributed by atoms with Crippen LogP contribution in [0.15, 0.2) is 12.4 Å². The first-order chi connectivity index (χ1) is 11.9. The van der Waals surface area contributed by atoms with Crippen molar-refractivity contribution in [3.63, 3.8) is 0 Å². The summed E-state index contributed by atoms with van der Waals surface area (Å²) in [6.07, 6.45) is 7.16. The zero-order valence-electron chi connectivity index (χ0n) is 15.1. The number of rotatable bonds is 4. The number of imidazole rings is 1. The maximum Gasteiger partial charge on any atom is 0.319 e. The van der Waals surface area contributed by atoms with Crippen LogP contribution in [0.2, 0.25) is 0 Å². The Morgan fingerprint density at radius 3 is 2.64 bits per heavy atom. The summed E-state index contributed by atoms with van der Waals surface area (Å²) in [5, 5.41) is 0. The molecule has 1 aromatic heterocycles. The Morgan fingerprint density at radius 1 is 1.28 bits per heavy atom. The lowest BCUT2D eigenvalue weighted by Gasteiger charge is -2.42. The van der Waals surface area contributed by atoms with Gasteiger partial charge in [0.05, 0.1) is 6.54 Å². The number of halogens is 2. The normalized spacial score (nSPS) is 24.7. The van der Waals surface area contributed by atoms with Gasteiger partial charge in [-0.3, -0.25) is 14.3 Å². The van der Waals surface area contributed by atoms with Gasteiger partial charge in [-0.15, -0.1) is 0 Å². The SMILES string of the molecule is CC1(C)CCCCC1C(=O)N1CCN(Cc2nccn2C(F)F)CC1. The standard InChI is InChI=1S/C18H28F2N4O/c1-18(2)6-4-3-5-14(18)16(25)23-11-9-22(10-12-23)13-15-21-7-8-24(15)17(19)20/h7-8,14,17H,3-6,9-13H2,1-2H3. The van der Waals surface area contributed by atoms with Gasteiger partial charge in [0.15, 0.2) is 0 Å². The van der Waals surface area contributed by atoms with Crippen molar-refractivity contribution in [2.75, 3.05) is 26.2 Å². The van der Waals surface area contributed by atoms with E-state index >= 15 is 0 Å². The van der Waals surface area contributed by atoms with Gasteiger partial charge in [0.25, 0.3) is 0 Å². The molecule has 1 saturated heterocycles. The Kier molecular flexibility index (Phi) is 5.41. The summed E-state index contributed by atoms with van der Waals surface area (Å²) in [6, 6.07) is 0. The van der Waals surface area contributed by atoms with E-state index in [1.165, 1.54) is 18.8 Å². The van der Waals surface area contributed by atoms with Crippen LogP contribution >= 0.6 is 0 Å². The average molecular weight is 354 g/mol. The molecule has 2 aliphatic rings. The van der Waals surface area contributed by atoms with Crippen molar-refractivity contribution < 1.29 is 13.6 Å². The third kappa shape index (κ3) is 4.02. The fourth-order valence-electron chi connectivity index (χ4n) is 4.14. The van der Waals surface area contributed by atoms with Gasteiger partial charge >= 0.3 is 6.55 Å². The quantitative estimate of drug-likeness (QED) is 0.834. The van der Waals surface area contributed by atoms with Crippen molar-refractivity contribution >= 4 is 5.91 Å². The minimum absolute atomic E-state index is 0.0779. The topological polar surface area (TPSA) is 41.4 Å². The van der Waals surface area contributed by atoms with Gasteiger partial charge in [0.1, 0.15) is 5.82 Å². The minimum Gasteiger partial charge on any atom is -0.340 e. The molecule has 1 atom stereocenters. The van der Waals surface area contributed by atoms with Crippen LogP contribution < -0.4 is 0 Å². The highest BCUT2D eigenvalue weighted by Gasteiger charge is 2.39. The maximum absolute atomic E-state index is 12.9. The Bertz CT molecular complexity index is 594. The molecule has 2 fully saturated rings. The molecule has 1 aliphatic carbocycles. The van der Waals surface area contributed by atoms with E-state index in [1.54, 1.807) is 0 Å². The predicted octanol–water partition coefficient (Wildman–Crippen LogP) is 3.14. The number of carbonyl (C=O) groups excluding carboxylic acids is 1. The molecule has 0 N–H and O–H groups in total. The number of aromatic nitrogens is 2. The van der Waals surface area contributed by atoms with Crippen LogP contribution in [0, 0.1) is 11.3 Å². The lowest BCUT2D eigenvalue weighted by molar-refractivity contribution is -0.143. The molecular formula is C18H28F2N4O. The average Bonchev–Trinajstić information content (AvgIpc) is 3.03. The van der Waals surface area contributed by atoms with E-state index < -0.39 is 6.55 Å². The van der Waals surface area contributed by atoms with E-state index in [-0.39, 0.29) is 17.2 Å². The van der Waals surface area contributed by atoms with Crippen molar-refractivity contribution in [1.82, 2.24) is 19.4 Å². The lowest BCUT2D eigenvalue weighted by atomic mass is 9.68. The third-order valence-corrected chi connectivity index (χ3v) is 5.81. The fraction of sp³-hybridized carbons (Fsp3) is 0.778. The molecule has 2 heterocycles. The minimum atomic E-state index is -2.56. The van der Waals surface area contributed by atoms with Gasteiger partial charge in [-0.1, -0.05) is 26.7 Å². The monoisotopic (exact) mass is 354 g/mol. The zero-order chi connectivity index (χ0) is 18.0. The Labute approximate surface area is 148 Å². The van der Waals surface area contributed by atoms with Crippen LogP contribution in [-0.4, -0.2) is 51.4 Å². The van der Waals surface area contributed by atoms with E-state index in [9.17, 15) is 13.6 Å². The molecule has 0 spiro atoms. The second-order valence-corrected chi connectivity index (χ2v) is 7.92. The number of amides is 1. The van der Waals surface area contributed by atoms with Gasteiger partial charge in [0, 0.05) is 44.5 Å². The Hall–Kier alpha value is -1.50. The second kappa shape index (κ2) is 7.40. The van der Waals surface area contributed by atoms with Crippen LogP contribution in [-0.2, 0) is 11.3 Å². The van der Waals surface area contributed by atoms with Crippen molar-refractivity contribution in [2.24, 2.45) is 11.3 Å². The van der Waals surface area contributed by atoms with Crippen molar-refractivity contribution in [3.8, 4) is 0 Å². The number of nitrogens with zero attached hydrogens (tertiary/aromatic N) is 4. The summed E-state index contributed by atoms with van der Waals surface area (Å²) in [7, 11) is 0. The van der Waals surface area contributed by atoms with E-state index in [2.05, 4.69) is 23.7 Å². The van der Waals surface area contributed by atoms with Crippen molar-refractivity contribution in [1.29, 1.82) is 0 Å². The largest absolute Gasteiger partial charge is 0.340 e. The van der Waals surface area contributed by atoms with Gasteiger partial charge in [0.2, 0.25) is 5.91 Å². The molecule has 3 rings (SSSR count). The van der Waals surface area contributed by atoms with Gasteiger partial charge in [-0.2, -0.15) is 8.78 Å².